The minimum absolute atomic E-state index is 0.0190. The van der Waals surface area contributed by atoms with Gasteiger partial charge in [-0.25, -0.2) is 0 Å². The van der Waals surface area contributed by atoms with Gasteiger partial charge in [0.05, 0.1) is 12.2 Å². The molecule has 0 aromatic rings. The topological polar surface area (TPSA) is 72.8 Å². The molecule has 0 aromatic heterocycles. The molecule has 0 radical (unpaired) electrons. The third-order valence-corrected chi connectivity index (χ3v) is 13.0. The van der Waals surface area contributed by atoms with Gasteiger partial charge in [0.25, 0.3) is 0 Å². The maximum absolute atomic E-state index is 12.8. The fourth-order valence-corrected chi connectivity index (χ4v) is 10.4. The van der Waals surface area contributed by atoms with Gasteiger partial charge in [0, 0.05) is 13.0 Å². The quantitative estimate of drug-likeness (QED) is 0.204. The standard InChI is InChI=1S/C35H64N2O3/c1-6-8-20-37(21-9-7-2)22-10-19-36-33(40)16-11-25(3)29-14-15-30-28-13-12-26-23-27(38)17-18-34(26,4)31(28)24-32(39)35(29,30)5/h25-32,38-39H,6-24H2,1-5H3,(H,36,40)/t25-,26?,27-,28?,29?,30?,31?,32+,34?,35?/m1/s1. The van der Waals surface area contributed by atoms with Crippen LogP contribution in [-0.4, -0.2) is 59.4 Å². The van der Waals surface area contributed by atoms with Gasteiger partial charge in [-0.05, 0) is 143 Å². The second kappa shape index (κ2) is 14.2. The van der Waals surface area contributed by atoms with Crippen molar-refractivity contribution >= 4 is 5.91 Å². The molecule has 4 aliphatic carbocycles. The molecule has 0 aromatic carbocycles. The predicted molar refractivity (Wildman–Crippen MR) is 165 cm³/mol. The van der Waals surface area contributed by atoms with E-state index < -0.39 is 0 Å². The second-order valence-corrected chi connectivity index (χ2v) is 15.2. The minimum Gasteiger partial charge on any atom is -0.393 e. The molecule has 0 aliphatic heterocycles. The number of rotatable bonds is 14. The molecule has 232 valence electrons. The molecule has 0 saturated heterocycles. The van der Waals surface area contributed by atoms with Crippen LogP contribution < -0.4 is 5.32 Å². The highest BCUT2D eigenvalue weighted by Gasteiger charge is 2.63. The first kappa shape index (κ1) is 32.3. The van der Waals surface area contributed by atoms with Crippen LogP contribution in [-0.2, 0) is 4.79 Å². The van der Waals surface area contributed by atoms with Gasteiger partial charge >= 0.3 is 0 Å². The maximum atomic E-state index is 12.8. The van der Waals surface area contributed by atoms with E-state index in [0.29, 0.717) is 36.0 Å². The Balaban J connectivity index is 1.26. The SMILES string of the molecule is CCCCN(CCCC)CCCNC(=O)CC[C@@H](C)C1CCC2C3CCC4C[C@H](O)CCC4(C)C3C[C@H](O)C21C. The van der Waals surface area contributed by atoms with E-state index in [-0.39, 0.29) is 28.9 Å². The summed E-state index contributed by atoms with van der Waals surface area (Å²) in [5.41, 5.74) is 0.268. The van der Waals surface area contributed by atoms with Crippen molar-refractivity contribution in [1.29, 1.82) is 0 Å². The summed E-state index contributed by atoms with van der Waals surface area (Å²) in [4.78, 5) is 15.3. The van der Waals surface area contributed by atoms with Crippen LogP contribution in [0.5, 0.6) is 0 Å². The fourth-order valence-electron chi connectivity index (χ4n) is 10.4. The van der Waals surface area contributed by atoms with Gasteiger partial charge in [-0.3, -0.25) is 4.79 Å². The molecular formula is C35H64N2O3. The van der Waals surface area contributed by atoms with Gasteiger partial charge in [0.15, 0.2) is 0 Å². The zero-order chi connectivity index (χ0) is 28.9. The average Bonchev–Trinajstić information content (AvgIpc) is 3.30. The highest BCUT2D eigenvalue weighted by molar-refractivity contribution is 5.75. The zero-order valence-corrected chi connectivity index (χ0v) is 26.8. The molecule has 0 heterocycles. The van der Waals surface area contributed by atoms with Gasteiger partial charge in [-0.2, -0.15) is 0 Å². The van der Waals surface area contributed by atoms with Gasteiger partial charge in [-0.1, -0.05) is 47.5 Å². The van der Waals surface area contributed by atoms with Crippen LogP contribution in [0.25, 0.3) is 0 Å². The molecule has 4 aliphatic rings. The fraction of sp³-hybridized carbons (Fsp3) is 0.971. The Labute approximate surface area is 246 Å². The van der Waals surface area contributed by atoms with E-state index in [0.717, 1.165) is 57.5 Å². The van der Waals surface area contributed by atoms with Crippen molar-refractivity contribution in [3.8, 4) is 0 Å². The van der Waals surface area contributed by atoms with Crippen LogP contribution in [0.4, 0.5) is 0 Å². The predicted octanol–water partition coefficient (Wildman–Crippen LogP) is 6.80. The highest BCUT2D eigenvalue weighted by atomic mass is 16.3. The Morgan fingerprint density at radius 1 is 0.925 bits per heavy atom. The highest BCUT2D eigenvalue weighted by Crippen LogP contribution is 2.68. The van der Waals surface area contributed by atoms with Crippen molar-refractivity contribution < 1.29 is 15.0 Å². The number of unbranched alkanes of at least 4 members (excludes halogenated alkanes) is 2. The summed E-state index contributed by atoms with van der Waals surface area (Å²) in [5.74, 6) is 3.73. The van der Waals surface area contributed by atoms with Crippen LogP contribution in [0.3, 0.4) is 0 Å². The Bertz CT molecular complexity index is 798. The molecule has 4 fully saturated rings. The smallest absolute Gasteiger partial charge is 0.220 e. The van der Waals surface area contributed by atoms with E-state index in [4.69, 9.17) is 0 Å². The largest absolute Gasteiger partial charge is 0.393 e. The number of nitrogens with one attached hydrogen (secondary N) is 1. The minimum atomic E-state index is -0.242. The van der Waals surface area contributed by atoms with E-state index in [1.165, 1.54) is 64.5 Å². The lowest BCUT2D eigenvalue weighted by molar-refractivity contribution is -0.174. The van der Waals surface area contributed by atoms with Crippen molar-refractivity contribution in [3.05, 3.63) is 0 Å². The summed E-state index contributed by atoms with van der Waals surface area (Å²) in [5, 5.41) is 25.3. The molecule has 7 unspecified atom stereocenters. The number of hydrogen-bond acceptors (Lipinski definition) is 4. The van der Waals surface area contributed by atoms with Gasteiger partial charge < -0.3 is 20.4 Å². The van der Waals surface area contributed by atoms with Crippen LogP contribution >= 0.6 is 0 Å². The van der Waals surface area contributed by atoms with Crippen molar-refractivity contribution in [2.24, 2.45) is 46.3 Å². The third kappa shape index (κ3) is 6.77. The number of aliphatic hydroxyl groups excluding tert-OH is 2. The van der Waals surface area contributed by atoms with Crippen molar-refractivity contribution in [2.45, 2.75) is 143 Å². The molecule has 5 heteroatoms. The Morgan fingerprint density at radius 2 is 1.62 bits per heavy atom. The molecule has 5 nitrogen and oxygen atoms in total. The first-order valence-corrected chi connectivity index (χ1v) is 17.5. The van der Waals surface area contributed by atoms with E-state index in [1.807, 2.05) is 0 Å². The number of carbonyl (C=O) groups excluding carboxylic acids is 1. The summed E-state index contributed by atoms with van der Waals surface area (Å²) in [6, 6.07) is 0. The third-order valence-electron chi connectivity index (χ3n) is 13.0. The molecule has 0 spiro atoms. The molecule has 4 saturated carbocycles. The normalized spacial score (nSPS) is 39.9. The van der Waals surface area contributed by atoms with Gasteiger partial charge in [0.1, 0.15) is 0 Å². The van der Waals surface area contributed by atoms with E-state index in [9.17, 15) is 15.0 Å². The maximum Gasteiger partial charge on any atom is 0.220 e. The van der Waals surface area contributed by atoms with E-state index >= 15 is 0 Å². The number of aliphatic hydroxyl groups is 2. The molecule has 0 bridgehead atoms. The number of fused-ring (bicyclic) bond motifs is 5. The van der Waals surface area contributed by atoms with Crippen molar-refractivity contribution in [2.75, 3.05) is 26.2 Å². The number of carbonyl (C=O) groups is 1. The molecular weight excluding hydrogens is 496 g/mol. The molecule has 40 heavy (non-hydrogen) atoms. The first-order valence-electron chi connectivity index (χ1n) is 17.5. The molecule has 10 atom stereocenters. The van der Waals surface area contributed by atoms with E-state index in [1.54, 1.807) is 0 Å². The molecule has 1 amide bonds. The Hall–Kier alpha value is -0.650. The Morgan fingerprint density at radius 3 is 2.33 bits per heavy atom. The lowest BCUT2D eigenvalue weighted by atomic mass is 9.43. The lowest BCUT2D eigenvalue weighted by Gasteiger charge is -2.62. The average molecular weight is 561 g/mol. The lowest BCUT2D eigenvalue weighted by Crippen LogP contribution is -2.58. The number of hydrogen-bond donors (Lipinski definition) is 3. The van der Waals surface area contributed by atoms with Crippen molar-refractivity contribution in [3.63, 3.8) is 0 Å². The van der Waals surface area contributed by atoms with Crippen LogP contribution in [0, 0.1) is 46.3 Å². The monoisotopic (exact) mass is 560 g/mol. The second-order valence-electron chi connectivity index (χ2n) is 15.2. The Kier molecular flexibility index (Phi) is 11.5. The summed E-state index contributed by atoms with van der Waals surface area (Å²) in [6.07, 6.45) is 16.2. The molecule has 4 rings (SSSR count). The summed E-state index contributed by atoms with van der Waals surface area (Å²) < 4.78 is 0. The van der Waals surface area contributed by atoms with Crippen LogP contribution in [0.15, 0.2) is 0 Å². The summed E-state index contributed by atoms with van der Waals surface area (Å²) in [6.45, 7) is 16.0. The number of nitrogens with zero attached hydrogens (tertiary/aromatic N) is 1. The molecule has 3 N–H and O–H groups in total. The van der Waals surface area contributed by atoms with Gasteiger partial charge in [0.2, 0.25) is 5.91 Å². The summed E-state index contributed by atoms with van der Waals surface area (Å²) >= 11 is 0. The first-order chi connectivity index (χ1) is 19.1. The van der Waals surface area contributed by atoms with Gasteiger partial charge in [-0.15, -0.1) is 0 Å². The van der Waals surface area contributed by atoms with Crippen LogP contribution in [0.2, 0.25) is 0 Å². The zero-order valence-electron chi connectivity index (χ0n) is 26.8. The summed E-state index contributed by atoms with van der Waals surface area (Å²) in [7, 11) is 0. The van der Waals surface area contributed by atoms with Crippen molar-refractivity contribution in [1.82, 2.24) is 10.2 Å². The number of amides is 1. The van der Waals surface area contributed by atoms with Crippen LogP contribution in [0.1, 0.15) is 131 Å². The van der Waals surface area contributed by atoms with E-state index in [2.05, 4.69) is 44.8 Å².